The quantitative estimate of drug-likeness (QED) is 0.127. The zero-order valence-electron chi connectivity index (χ0n) is 18.4. The van der Waals surface area contributed by atoms with E-state index in [0.717, 1.165) is 31.2 Å². The van der Waals surface area contributed by atoms with E-state index in [1.165, 1.54) is 25.7 Å². The predicted octanol–water partition coefficient (Wildman–Crippen LogP) is 3.97. The van der Waals surface area contributed by atoms with Crippen molar-refractivity contribution in [2.75, 3.05) is 19.0 Å². The van der Waals surface area contributed by atoms with Gasteiger partial charge in [0, 0.05) is 24.1 Å². The Morgan fingerprint density at radius 2 is 1.40 bits per heavy atom. The Balaban J connectivity index is 0.00000841. The van der Waals surface area contributed by atoms with Crippen LogP contribution in [-0.2, 0) is 31.9 Å². The van der Waals surface area contributed by atoms with Crippen LogP contribution in [-0.4, -0.2) is 61.5 Å². The molecule has 8 heteroatoms. The van der Waals surface area contributed by atoms with Gasteiger partial charge in [-0.1, -0.05) is 52.4 Å². The van der Waals surface area contributed by atoms with Crippen molar-refractivity contribution in [3.05, 3.63) is 30.1 Å². The van der Waals surface area contributed by atoms with Crippen molar-refractivity contribution in [1.29, 1.82) is 0 Å². The van der Waals surface area contributed by atoms with E-state index in [1.54, 1.807) is 0 Å². The zero-order chi connectivity index (χ0) is 21.6. The number of nitrogens with zero attached hydrogens (tertiary/aromatic N) is 1. The molecule has 0 aliphatic rings. The topological polar surface area (TPSA) is 76.7 Å². The molecular formula is C22H41NNaO5S+. The standard InChI is InChI=1S/C22H39NO5S.Na.H/c1-4-6-8-10-18-27-22(3,28-19-11-9-7-5-2)21-13-16-23(17-14-21)15-12-20-29(24,25)26;;/h13-14,16-17H,4-12,15,18-20H2,1-3H3;;/p+1. The minimum absolute atomic E-state index is 0. The first kappa shape index (κ1) is 30.0. The summed E-state index contributed by atoms with van der Waals surface area (Å²) in [6.45, 7) is 8.21. The number of pyridine rings is 1. The molecule has 30 heavy (non-hydrogen) atoms. The summed E-state index contributed by atoms with van der Waals surface area (Å²) >= 11 is 0. The molecule has 0 aliphatic heterocycles. The molecule has 1 aromatic heterocycles. The molecule has 1 heterocycles. The van der Waals surface area contributed by atoms with Crippen LogP contribution in [0, 0.1) is 0 Å². The zero-order valence-corrected chi connectivity index (χ0v) is 19.3. The normalized spacial score (nSPS) is 12.0. The third-order valence-corrected chi connectivity index (χ3v) is 5.79. The molecule has 1 rings (SSSR count). The summed E-state index contributed by atoms with van der Waals surface area (Å²) in [6, 6.07) is 3.93. The van der Waals surface area contributed by atoms with Gasteiger partial charge in [0.25, 0.3) is 10.1 Å². The van der Waals surface area contributed by atoms with Crippen LogP contribution in [0.5, 0.6) is 0 Å². The van der Waals surface area contributed by atoms with Crippen molar-refractivity contribution in [3.8, 4) is 0 Å². The number of unbranched alkanes of at least 4 members (excludes halogenated alkanes) is 6. The van der Waals surface area contributed by atoms with Crippen LogP contribution in [0.3, 0.4) is 0 Å². The molecule has 0 radical (unpaired) electrons. The molecule has 1 N–H and O–H groups in total. The van der Waals surface area contributed by atoms with E-state index in [4.69, 9.17) is 14.0 Å². The van der Waals surface area contributed by atoms with Gasteiger partial charge < -0.3 is 9.47 Å². The summed E-state index contributed by atoms with van der Waals surface area (Å²) in [7, 11) is -3.91. The van der Waals surface area contributed by atoms with E-state index in [9.17, 15) is 8.42 Å². The molecule has 0 aliphatic carbocycles. The summed E-state index contributed by atoms with van der Waals surface area (Å²) in [5.41, 5.74) is 0.953. The number of hydrogen-bond donors (Lipinski definition) is 1. The molecule has 0 saturated heterocycles. The van der Waals surface area contributed by atoms with Gasteiger partial charge in [-0.05, 0) is 19.8 Å². The number of hydrogen-bond acceptors (Lipinski definition) is 4. The van der Waals surface area contributed by atoms with Crippen LogP contribution >= 0.6 is 0 Å². The second kappa shape index (κ2) is 16.6. The molecule has 0 amide bonds. The molecule has 170 valence electrons. The monoisotopic (exact) mass is 454 g/mol. The molecule has 0 unspecified atom stereocenters. The average molecular weight is 455 g/mol. The van der Waals surface area contributed by atoms with E-state index < -0.39 is 15.9 Å². The van der Waals surface area contributed by atoms with Gasteiger partial charge in [-0.3, -0.25) is 4.55 Å². The maximum atomic E-state index is 10.9. The fraction of sp³-hybridized carbons (Fsp3) is 0.773. The Kier molecular flexibility index (Phi) is 16.6. The molecule has 6 nitrogen and oxygen atoms in total. The Labute approximate surface area is 205 Å². The van der Waals surface area contributed by atoms with Gasteiger partial charge in [0.15, 0.2) is 18.2 Å². The Bertz CT molecular complexity index is 638. The molecule has 0 saturated carbocycles. The summed E-state index contributed by atoms with van der Waals surface area (Å²) in [6.07, 6.45) is 13.3. The first-order valence-electron chi connectivity index (χ1n) is 11.0. The molecule has 0 bridgehead atoms. The number of aryl methyl sites for hydroxylation is 1. The molecule has 0 spiro atoms. The predicted molar refractivity (Wildman–Crippen MR) is 122 cm³/mol. The number of ether oxygens (including phenoxy) is 2. The van der Waals surface area contributed by atoms with Crippen molar-refractivity contribution in [1.82, 2.24) is 0 Å². The SMILES string of the molecule is CCCCCCOC(C)(OCCCCCC)c1cc[n+](CCCS(=O)(=O)O)cc1.[NaH]. The van der Waals surface area contributed by atoms with Crippen molar-refractivity contribution in [2.45, 2.75) is 90.9 Å². The third-order valence-electron chi connectivity index (χ3n) is 4.98. The maximum absolute atomic E-state index is 10.9. The van der Waals surface area contributed by atoms with Gasteiger partial charge >= 0.3 is 29.6 Å². The Morgan fingerprint density at radius 3 is 1.83 bits per heavy atom. The van der Waals surface area contributed by atoms with Crippen molar-refractivity contribution < 1.29 is 27.0 Å². The van der Waals surface area contributed by atoms with E-state index in [2.05, 4.69) is 13.8 Å². The van der Waals surface area contributed by atoms with Gasteiger partial charge in [0.2, 0.25) is 0 Å². The van der Waals surface area contributed by atoms with Gasteiger partial charge in [-0.2, -0.15) is 8.42 Å². The molecule has 1 aromatic rings. The van der Waals surface area contributed by atoms with E-state index >= 15 is 0 Å². The van der Waals surface area contributed by atoms with Crippen LogP contribution < -0.4 is 4.57 Å². The van der Waals surface area contributed by atoms with E-state index in [0.29, 0.717) is 26.2 Å². The van der Waals surface area contributed by atoms with E-state index in [1.807, 2.05) is 36.0 Å². The summed E-state index contributed by atoms with van der Waals surface area (Å²) in [4.78, 5) is 0. The van der Waals surface area contributed by atoms with Crippen molar-refractivity contribution >= 4 is 39.7 Å². The van der Waals surface area contributed by atoms with Crippen molar-refractivity contribution in [2.24, 2.45) is 0 Å². The Morgan fingerprint density at radius 1 is 0.900 bits per heavy atom. The fourth-order valence-corrected chi connectivity index (χ4v) is 3.63. The first-order chi connectivity index (χ1) is 13.8. The number of rotatable bonds is 17. The molecule has 0 aromatic carbocycles. The van der Waals surface area contributed by atoms with Crippen molar-refractivity contribution in [3.63, 3.8) is 0 Å². The molecule has 0 atom stereocenters. The van der Waals surface area contributed by atoms with Gasteiger partial charge in [-0.25, -0.2) is 4.57 Å². The van der Waals surface area contributed by atoms with Crippen LogP contribution in [0.15, 0.2) is 24.5 Å². The Hall–Kier alpha value is -0.0200. The van der Waals surface area contributed by atoms with E-state index in [-0.39, 0.29) is 35.3 Å². The first-order valence-corrected chi connectivity index (χ1v) is 12.6. The number of aromatic nitrogens is 1. The second-order valence-corrected chi connectivity index (χ2v) is 9.30. The van der Waals surface area contributed by atoms with Gasteiger partial charge in [0.05, 0.1) is 19.0 Å². The second-order valence-electron chi connectivity index (χ2n) is 7.73. The van der Waals surface area contributed by atoms with Gasteiger partial charge in [0.1, 0.15) is 6.54 Å². The van der Waals surface area contributed by atoms with Crippen LogP contribution in [0.25, 0.3) is 0 Å². The molecule has 0 fully saturated rings. The average Bonchev–Trinajstić information content (AvgIpc) is 2.67. The summed E-state index contributed by atoms with van der Waals surface area (Å²) in [5.74, 6) is -1.02. The fourth-order valence-electron chi connectivity index (χ4n) is 3.14. The van der Waals surface area contributed by atoms with Crippen LogP contribution in [0.2, 0.25) is 0 Å². The summed E-state index contributed by atoms with van der Waals surface area (Å²) in [5, 5.41) is 0. The summed E-state index contributed by atoms with van der Waals surface area (Å²) < 4.78 is 44.8. The van der Waals surface area contributed by atoms with Crippen LogP contribution in [0.1, 0.15) is 84.1 Å². The minimum atomic E-state index is -3.91. The molecular weight excluding hydrogens is 413 g/mol. The third kappa shape index (κ3) is 13.4. The van der Waals surface area contributed by atoms with Gasteiger partial charge in [-0.15, -0.1) is 0 Å². The van der Waals surface area contributed by atoms with Crippen LogP contribution in [0.4, 0.5) is 0 Å².